The van der Waals surface area contributed by atoms with Crippen LogP contribution in [0.4, 0.5) is 0 Å². The van der Waals surface area contributed by atoms with Gasteiger partial charge in [-0.1, -0.05) is 24.3 Å². The van der Waals surface area contributed by atoms with Crippen molar-refractivity contribution in [2.75, 3.05) is 0 Å². The molecule has 0 amide bonds. The molecule has 0 aromatic carbocycles. The molecule has 38 heavy (non-hydrogen) atoms. The molecule has 0 saturated heterocycles. The molecule has 0 fully saturated rings. The topological polar surface area (TPSA) is 340 Å². The molecule has 0 aliphatic carbocycles. The van der Waals surface area contributed by atoms with Gasteiger partial charge in [0.15, 0.2) is 0 Å². The van der Waals surface area contributed by atoms with E-state index < -0.39 is 10.2 Å². The van der Waals surface area contributed by atoms with Crippen molar-refractivity contribution in [2.24, 2.45) is 0 Å². The summed E-state index contributed by atoms with van der Waals surface area (Å²) in [5, 5.41) is 29.5. The van der Waals surface area contributed by atoms with E-state index in [4.69, 9.17) is 30.6 Å². The Morgan fingerprint density at radius 3 is 0.711 bits per heavy atom. The van der Waals surface area contributed by atoms with Crippen molar-refractivity contribution in [1.82, 2.24) is 19.9 Å². The van der Waals surface area contributed by atoms with Crippen molar-refractivity contribution < 1.29 is 54.3 Å². The van der Waals surface area contributed by atoms with E-state index in [0.717, 1.165) is 22.8 Å². The molecule has 0 atom stereocenters. The van der Waals surface area contributed by atoms with E-state index in [0.29, 0.717) is 0 Å². The predicted octanol–water partition coefficient (Wildman–Crippen LogP) is 0.331. The van der Waals surface area contributed by atoms with Crippen molar-refractivity contribution >= 4 is 0 Å². The van der Waals surface area contributed by atoms with Gasteiger partial charge >= 0.3 is 16.8 Å². The zero-order valence-corrected chi connectivity index (χ0v) is 20.2. The van der Waals surface area contributed by atoms with Gasteiger partial charge in [-0.2, -0.15) is 0 Å². The Bertz CT molecular complexity index is 888. The second-order valence-corrected chi connectivity index (χ2v) is 5.31. The van der Waals surface area contributed by atoms with Gasteiger partial charge in [0.1, 0.15) is 0 Å². The molecule has 0 spiro atoms. The molecule has 9 N–H and O–H groups in total. The van der Waals surface area contributed by atoms with Gasteiger partial charge in [-0.15, -0.1) is 0 Å². The first-order chi connectivity index (χ1) is 15.4. The van der Waals surface area contributed by atoms with E-state index in [1.54, 1.807) is 24.8 Å². The average Bonchev–Trinajstić information content (AvgIpc) is 2.81. The maximum Gasteiger partial charge on any atom is 3.00 e. The summed E-state index contributed by atoms with van der Waals surface area (Å²) in [5.74, 6) is 0. The Hall–Kier alpha value is -4.69. The van der Waals surface area contributed by atoms with E-state index in [9.17, 15) is 0 Å². The molecule has 4 heterocycles. The zero-order chi connectivity index (χ0) is 23.6. The van der Waals surface area contributed by atoms with Crippen LogP contribution in [0.3, 0.4) is 0 Å². The molecule has 0 radical (unpaired) electrons. The van der Waals surface area contributed by atoms with E-state index in [1.165, 1.54) is 0 Å². The third kappa shape index (κ3) is 23.1. The van der Waals surface area contributed by atoms with Gasteiger partial charge < -0.3 is 58.0 Å². The largest absolute Gasteiger partial charge is 3.00 e. The Morgan fingerprint density at radius 1 is 0.447 bits per heavy atom. The first-order valence-corrected chi connectivity index (χ1v) is 8.68. The normalized spacial score (nSPS) is 7.37. The smallest absolute Gasteiger partial charge is 0.870 e. The van der Waals surface area contributed by atoms with Gasteiger partial charge in [0.2, 0.25) is 0 Å². The maximum absolute atomic E-state index is 8.25. The molecule has 18 heteroatoms. The number of nitrogens with zero attached hydrogens (tertiary/aromatic N) is 6. The molecule has 4 aromatic rings. The standard InChI is InChI=1S/2C10H8N2.Co.2NO3.5H2O/c2*1-3-7-11-9(5-1)10-6-2-4-8-12-10;;2*2-1(3)4;;;;;/h2*1-8H;;;;5*1H2/q;;+3;2*-1;;;;;/p-1. The Morgan fingerprint density at radius 2 is 0.605 bits per heavy atom. The fraction of sp³-hybridized carbons (Fsp3) is 0. The Balaban J connectivity index is -0.0000000941. The van der Waals surface area contributed by atoms with Crippen LogP contribution in [0, 0.1) is 30.6 Å². The van der Waals surface area contributed by atoms with E-state index >= 15 is 0 Å². The Kier molecular flexibility index (Phi) is 35.0. The third-order valence-electron chi connectivity index (χ3n) is 3.18. The number of hydrogen-bond donors (Lipinski definition) is 0. The van der Waals surface area contributed by atoms with Gasteiger partial charge in [0.05, 0.1) is 32.9 Å². The van der Waals surface area contributed by atoms with Gasteiger partial charge in [-0.05, 0) is 48.5 Å². The molecule has 210 valence electrons. The third-order valence-corrected chi connectivity index (χ3v) is 3.18. The summed E-state index contributed by atoms with van der Waals surface area (Å²) in [6, 6.07) is 23.2. The summed E-state index contributed by atoms with van der Waals surface area (Å²) in [7, 11) is 0. The van der Waals surface area contributed by atoms with Crippen LogP contribution in [0.1, 0.15) is 0 Å². The van der Waals surface area contributed by atoms with Gasteiger partial charge in [0, 0.05) is 24.8 Å². The van der Waals surface area contributed by atoms with Crippen LogP contribution < -0.4 is 0 Å². The van der Waals surface area contributed by atoms with Crippen molar-refractivity contribution in [3.05, 3.63) is 128 Å². The summed E-state index contributed by atoms with van der Waals surface area (Å²) in [6.07, 6.45) is 7.07. The van der Waals surface area contributed by atoms with Crippen molar-refractivity contribution in [3.63, 3.8) is 0 Å². The minimum atomic E-state index is -1.75. The van der Waals surface area contributed by atoms with Crippen LogP contribution in [-0.2, 0) is 16.8 Å². The summed E-state index contributed by atoms with van der Waals surface area (Å²) < 4.78 is 0. The molecule has 0 aliphatic rings. The van der Waals surface area contributed by atoms with Crippen LogP contribution in [0.5, 0.6) is 0 Å². The molecule has 4 aromatic heterocycles. The molecule has 0 aliphatic heterocycles. The first-order valence-electron chi connectivity index (χ1n) is 8.68. The predicted molar refractivity (Wildman–Crippen MR) is 132 cm³/mol. The van der Waals surface area contributed by atoms with Crippen LogP contribution in [-0.4, -0.2) is 57.5 Å². The van der Waals surface area contributed by atoms with Crippen LogP contribution >= 0.6 is 0 Å². The summed E-state index contributed by atoms with van der Waals surface area (Å²) >= 11 is 0. The summed E-state index contributed by atoms with van der Waals surface area (Å²) in [6.45, 7) is 0. The number of hydrogen-bond acceptors (Lipinski definition) is 11. The average molecular weight is 584 g/mol. The molecule has 17 nitrogen and oxygen atoms in total. The van der Waals surface area contributed by atoms with E-state index in [1.807, 2.05) is 72.8 Å². The summed E-state index contributed by atoms with van der Waals surface area (Å²) in [5.41, 5.74) is 3.66. The molecule has 0 unspecified atom stereocenters. The fourth-order valence-electron chi connectivity index (χ4n) is 2.06. The van der Waals surface area contributed by atoms with Crippen LogP contribution in [0.2, 0.25) is 0 Å². The molecule has 0 bridgehead atoms. The second-order valence-electron chi connectivity index (χ2n) is 5.31. The van der Waals surface area contributed by atoms with Crippen molar-refractivity contribution in [2.45, 2.75) is 0 Å². The SMILES string of the molecule is O.O.O.O.O=[N+]([O-])[O-].O=[N+]([O-])[O-].[Co+3].[OH-].c1ccc(-c2ccccn2)nc1.c1ccc(-c2ccccn2)nc1. The molecule has 0 saturated carbocycles. The van der Waals surface area contributed by atoms with Crippen molar-refractivity contribution in [1.29, 1.82) is 0 Å². The molecular formula is C20H25CoN6O11. The number of pyridine rings is 4. The second kappa shape index (κ2) is 28.5. The monoisotopic (exact) mass is 584 g/mol. The summed E-state index contributed by atoms with van der Waals surface area (Å²) in [4.78, 5) is 33.2. The van der Waals surface area contributed by atoms with E-state index in [2.05, 4.69) is 19.9 Å². The first kappa shape index (κ1) is 46.6. The molecular weight excluding hydrogens is 559 g/mol. The fourth-order valence-corrected chi connectivity index (χ4v) is 2.06. The van der Waals surface area contributed by atoms with E-state index in [-0.39, 0.29) is 44.2 Å². The number of aromatic nitrogens is 4. The number of rotatable bonds is 2. The minimum absolute atomic E-state index is 0. The Labute approximate surface area is 225 Å². The van der Waals surface area contributed by atoms with Gasteiger partial charge in [-0.25, -0.2) is 0 Å². The van der Waals surface area contributed by atoms with Gasteiger partial charge in [0.25, 0.3) is 0 Å². The minimum Gasteiger partial charge on any atom is -0.870 e. The van der Waals surface area contributed by atoms with Gasteiger partial charge in [-0.3, -0.25) is 19.9 Å². The van der Waals surface area contributed by atoms with Crippen LogP contribution in [0.25, 0.3) is 22.8 Å². The molecule has 4 rings (SSSR count). The van der Waals surface area contributed by atoms with Crippen molar-refractivity contribution in [3.8, 4) is 22.8 Å². The maximum atomic E-state index is 8.25. The van der Waals surface area contributed by atoms with Crippen LogP contribution in [0.15, 0.2) is 97.6 Å². The zero-order valence-electron chi connectivity index (χ0n) is 19.2. The quantitative estimate of drug-likeness (QED) is 0.228.